The van der Waals surface area contributed by atoms with Gasteiger partial charge in [0.15, 0.2) is 0 Å². The second-order valence-electron chi connectivity index (χ2n) is 2.67. The third-order valence-corrected chi connectivity index (χ3v) is 1.86. The van der Waals surface area contributed by atoms with Crippen LogP contribution in [-0.2, 0) is 0 Å². The van der Waals surface area contributed by atoms with Crippen LogP contribution in [0, 0.1) is 27.8 Å². The molecule has 0 saturated heterocycles. The Kier molecular flexibility index (Phi) is 4.13. The van der Waals surface area contributed by atoms with Crippen molar-refractivity contribution in [1.82, 2.24) is 0 Å². The van der Waals surface area contributed by atoms with Gasteiger partial charge in [0, 0.05) is 18.2 Å². The van der Waals surface area contributed by atoms with Gasteiger partial charge in [-0.1, -0.05) is 17.9 Å². The maximum atomic E-state index is 13.4. The van der Waals surface area contributed by atoms with Crippen LogP contribution in [0.4, 0.5) is 10.1 Å². The van der Waals surface area contributed by atoms with Gasteiger partial charge in [-0.15, -0.1) is 0 Å². The molecular weight excluding hydrogens is 217 g/mol. The van der Waals surface area contributed by atoms with E-state index in [0.717, 1.165) is 6.07 Å². The molecule has 0 unspecified atom stereocenters. The number of halogens is 1. The molecule has 0 N–H and O–H groups in total. The summed E-state index contributed by atoms with van der Waals surface area (Å²) in [5, 5.41) is 10.4. The van der Waals surface area contributed by atoms with Crippen LogP contribution in [0.3, 0.4) is 0 Å². The molecular formula is C10H8FNO2S. The minimum atomic E-state index is -0.880. The Morgan fingerprint density at radius 2 is 2.27 bits per heavy atom. The van der Waals surface area contributed by atoms with Crippen molar-refractivity contribution in [3.63, 3.8) is 0 Å². The van der Waals surface area contributed by atoms with Gasteiger partial charge < -0.3 is 0 Å². The molecule has 0 spiro atoms. The van der Waals surface area contributed by atoms with Crippen molar-refractivity contribution in [2.24, 2.45) is 0 Å². The summed E-state index contributed by atoms with van der Waals surface area (Å²) in [6, 6.07) is 3.93. The van der Waals surface area contributed by atoms with E-state index in [1.807, 2.05) is 0 Å². The molecule has 0 aliphatic carbocycles. The minimum Gasteiger partial charge on any atom is -0.258 e. The Labute approximate surface area is 91.9 Å². The van der Waals surface area contributed by atoms with Crippen LogP contribution in [0.5, 0.6) is 0 Å². The third-order valence-electron chi connectivity index (χ3n) is 1.63. The fourth-order valence-electron chi connectivity index (χ4n) is 0.971. The molecule has 0 heterocycles. The van der Waals surface area contributed by atoms with E-state index in [4.69, 9.17) is 0 Å². The number of nitro benzene ring substituents is 1. The van der Waals surface area contributed by atoms with Crippen molar-refractivity contribution in [3.05, 3.63) is 39.7 Å². The predicted molar refractivity (Wildman–Crippen MR) is 58.4 cm³/mol. The third kappa shape index (κ3) is 2.96. The van der Waals surface area contributed by atoms with E-state index in [9.17, 15) is 14.5 Å². The number of nitrogens with zero attached hydrogens (tertiary/aromatic N) is 1. The molecule has 0 amide bonds. The molecule has 5 heteroatoms. The van der Waals surface area contributed by atoms with Crippen molar-refractivity contribution < 1.29 is 9.31 Å². The number of thiol groups is 1. The van der Waals surface area contributed by atoms with Gasteiger partial charge in [0.05, 0.1) is 10.5 Å². The summed E-state index contributed by atoms with van der Waals surface area (Å²) < 4.78 is 13.4. The van der Waals surface area contributed by atoms with Gasteiger partial charge >= 0.3 is 5.69 Å². The second-order valence-corrected chi connectivity index (χ2v) is 3.12. The zero-order valence-corrected chi connectivity index (χ0v) is 8.63. The average Bonchev–Trinajstić information content (AvgIpc) is 2.20. The lowest BCUT2D eigenvalue weighted by Gasteiger charge is -1.95. The van der Waals surface area contributed by atoms with Gasteiger partial charge in [-0.3, -0.25) is 10.1 Å². The highest BCUT2D eigenvalue weighted by atomic mass is 32.1. The molecule has 0 bridgehead atoms. The largest absolute Gasteiger partial charge is 0.306 e. The van der Waals surface area contributed by atoms with E-state index in [2.05, 4.69) is 24.5 Å². The summed E-state index contributed by atoms with van der Waals surface area (Å²) >= 11 is 3.94. The number of nitro groups is 1. The van der Waals surface area contributed by atoms with E-state index in [-0.39, 0.29) is 5.56 Å². The number of benzene rings is 1. The molecule has 0 aliphatic heterocycles. The molecule has 0 saturated carbocycles. The van der Waals surface area contributed by atoms with Crippen molar-refractivity contribution in [3.8, 4) is 11.8 Å². The standard InChI is InChI=1S/C10H8FNO2S/c11-10-8(4-1-2-7-15)5-3-6-9(10)12(13)14/h3,5-6,15H,2,7H2. The quantitative estimate of drug-likeness (QED) is 0.363. The molecule has 3 nitrogen and oxygen atoms in total. The summed E-state index contributed by atoms with van der Waals surface area (Å²) in [4.78, 5) is 9.64. The molecule has 15 heavy (non-hydrogen) atoms. The second kappa shape index (κ2) is 5.37. The maximum Gasteiger partial charge on any atom is 0.306 e. The Balaban J connectivity index is 3.06. The first-order valence-electron chi connectivity index (χ1n) is 4.19. The van der Waals surface area contributed by atoms with Gasteiger partial charge in [-0.25, -0.2) is 0 Å². The Hall–Kier alpha value is -1.54. The lowest BCUT2D eigenvalue weighted by Crippen LogP contribution is -1.94. The first-order chi connectivity index (χ1) is 7.16. The Morgan fingerprint density at radius 3 is 2.87 bits per heavy atom. The molecule has 0 radical (unpaired) electrons. The molecule has 0 atom stereocenters. The van der Waals surface area contributed by atoms with Gasteiger partial charge in [-0.05, 0) is 6.07 Å². The fraction of sp³-hybridized carbons (Fsp3) is 0.200. The zero-order valence-electron chi connectivity index (χ0n) is 7.74. The summed E-state index contributed by atoms with van der Waals surface area (Å²) in [6.07, 6.45) is 0.519. The molecule has 1 aromatic carbocycles. The smallest absolute Gasteiger partial charge is 0.258 e. The average molecular weight is 225 g/mol. The number of hydrogen-bond donors (Lipinski definition) is 1. The number of hydrogen-bond acceptors (Lipinski definition) is 3. The zero-order chi connectivity index (χ0) is 11.3. The maximum absolute atomic E-state index is 13.4. The van der Waals surface area contributed by atoms with Crippen LogP contribution < -0.4 is 0 Å². The Bertz CT molecular complexity index is 437. The molecule has 0 aliphatic rings. The number of rotatable bonds is 2. The van der Waals surface area contributed by atoms with Crippen LogP contribution in [0.25, 0.3) is 0 Å². The molecule has 1 rings (SSSR count). The van der Waals surface area contributed by atoms with E-state index in [1.54, 1.807) is 0 Å². The monoisotopic (exact) mass is 225 g/mol. The van der Waals surface area contributed by atoms with E-state index in [1.165, 1.54) is 12.1 Å². The SMILES string of the molecule is O=[N+]([O-])c1cccc(C#CCCS)c1F. The predicted octanol–water partition coefficient (Wildman–Crippen LogP) is 2.41. The molecule has 1 aromatic rings. The summed E-state index contributed by atoms with van der Waals surface area (Å²) in [5.41, 5.74) is -0.501. The highest BCUT2D eigenvalue weighted by Gasteiger charge is 2.15. The van der Waals surface area contributed by atoms with Crippen LogP contribution in [0.1, 0.15) is 12.0 Å². The lowest BCUT2D eigenvalue weighted by molar-refractivity contribution is -0.387. The Morgan fingerprint density at radius 1 is 1.53 bits per heavy atom. The first kappa shape index (κ1) is 11.5. The van der Waals surface area contributed by atoms with Crippen molar-refractivity contribution in [1.29, 1.82) is 0 Å². The highest BCUT2D eigenvalue weighted by Crippen LogP contribution is 2.19. The van der Waals surface area contributed by atoms with E-state index < -0.39 is 16.4 Å². The minimum absolute atomic E-state index is 0.0472. The van der Waals surface area contributed by atoms with Gasteiger partial charge in [0.2, 0.25) is 5.82 Å². The van der Waals surface area contributed by atoms with Crippen molar-refractivity contribution in [2.45, 2.75) is 6.42 Å². The van der Waals surface area contributed by atoms with Gasteiger partial charge in [0.1, 0.15) is 0 Å². The van der Waals surface area contributed by atoms with Crippen LogP contribution >= 0.6 is 12.6 Å². The van der Waals surface area contributed by atoms with E-state index >= 15 is 0 Å². The normalized spacial score (nSPS) is 9.20. The van der Waals surface area contributed by atoms with Crippen LogP contribution in [-0.4, -0.2) is 10.7 Å². The van der Waals surface area contributed by atoms with Gasteiger partial charge in [-0.2, -0.15) is 17.0 Å². The van der Waals surface area contributed by atoms with Gasteiger partial charge in [0.25, 0.3) is 0 Å². The molecule has 78 valence electrons. The highest BCUT2D eigenvalue weighted by molar-refractivity contribution is 7.80. The first-order valence-corrected chi connectivity index (χ1v) is 4.82. The molecule has 0 aromatic heterocycles. The van der Waals surface area contributed by atoms with Crippen molar-refractivity contribution >= 4 is 18.3 Å². The summed E-state index contributed by atoms with van der Waals surface area (Å²) in [7, 11) is 0. The fourth-order valence-corrected chi connectivity index (χ4v) is 1.08. The lowest BCUT2D eigenvalue weighted by atomic mass is 10.2. The van der Waals surface area contributed by atoms with E-state index in [0.29, 0.717) is 12.2 Å². The summed E-state index contributed by atoms with van der Waals surface area (Å²) in [5.74, 6) is 4.89. The topological polar surface area (TPSA) is 43.1 Å². The van der Waals surface area contributed by atoms with Crippen molar-refractivity contribution in [2.75, 3.05) is 5.75 Å². The summed E-state index contributed by atoms with van der Waals surface area (Å²) in [6.45, 7) is 0. The van der Waals surface area contributed by atoms with Crippen LogP contribution in [0.2, 0.25) is 0 Å². The molecule has 0 fully saturated rings. The van der Waals surface area contributed by atoms with Crippen LogP contribution in [0.15, 0.2) is 18.2 Å².